The molecule has 4 amide bonds. The third-order valence-electron chi connectivity index (χ3n) is 7.05. The summed E-state index contributed by atoms with van der Waals surface area (Å²) >= 11 is 1.57. The molecule has 1 unspecified atom stereocenters. The first kappa shape index (κ1) is 25.9. The zero-order valence-electron chi connectivity index (χ0n) is 20.9. The van der Waals surface area contributed by atoms with Gasteiger partial charge in [-0.1, -0.05) is 30.3 Å². The van der Waals surface area contributed by atoms with Crippen molar-refractivity contribution in [1.82, 2.24) is 15.1 Å². The number of anilines is 1. The number of likely N-dealkylation sites (tertiary alicyclic amines) is 2. The van der Waals surface area contributed by atoms with E-state index in [9.17, 15) is 14.4 Å². The summed E-state index contributed by atoms with van der Waals surface area (Å²) in [5.74, 6) is 0.888. The molecule has 8 nitrogen and oxygen atoms in total. The molecule has 0 aliphatic carbocycles. The molecule has 1 spiro atoms. The smallest absolute Gasteiger partial charge is 0.321 e. The van der Waals surface area contributed by atoms with Crippen LogP contribution in [0.25, 0.3) is 0 Å². The lowest BCUT2D eigenvalue weighted by molar-refractivity contribution is -0.135. The monoisotopic (exact) mass is 510 g/mol. The average molecular weight is 511 g/mol. The van der Waals surface area contributed by atoms with Crippen LogP contribution in [0.1, 0.15) is 26.2 Å². The number of rotatable bonds is 7. The van der Waals surface area contributed by atoms with Crippen molar-refractivity contribution < 1.29 is 19.1 Å². The number of piperidine rings is 1. The largest absolute Gasteiger partial charge is 0.495 e. The predicted molar refractivity (Wildman–Crippen MR) is 141 cm³/mol. The van der Waals surface area contributed by atoms with Gasteiger partial charge in [-0.15, -0.1) is 11.8 Å². The van der Waals surface area contributed by atoms with Crippen molar-refractivity contribution in [2.75, 3.05) is 44.4 Å². The van der Waals surface area contributed by atoms with Gasteiger partial charge < -0.3 is 25.2 Å². The first-order valence-electron chi connectivity index (χ1n) is 12.3. The van der Waals surface area contributed by atoms with Crippen LogP contribution in [0.15, 0.2) is 59.5 Å². The Morgan fingerprint density at radius 3 is 2.28 bits per heavy atom. The minimum atomic E-state index is -0.561. The van der Waals surface area contributed by atoms with Crippen molar-refractivity contribution in [3.05, 3.63) is 54.6 Å². The van der Waals surface area contributed by atoms with Gasteiger partial charge in [0.05, 0.1) is 12.8 Å². The summed E-state index contributed by atoms with van der Waals surface area (Å²) in [5.41, 5.74) is 0.671. The lowest BCUT2D eigenvalue weighted by atomic mass is 9.78. The van der Waals surface area contributed by atoms with E-state index in [2.05, 4.69) is 10.6 Å². The number of carbonyl (C=O) groups excluding carboxylic acids is 3. The van der Waals surface area contributed by atoms with Crippen LogP contribution in [0.2, 0.25) is 0 Å². The average Bonchev–Trinajstić information content (AvgIpc) is 3.30. The molecule has 4 rings (SSSR count). The van der Waals surface area contributed by atoms with Crippen LogP contribution in [-0.4, -0.2) is 72.7 Å². The van der Waals surface area contributed by atoms with Gasteiger partial charge in [-0.3, -0.25) is 9.59 Å². The van der Waals surface area contributed by atoms with Crippen LogP contribution in [0.4, 0.5) is 10.5 Å². The Labute approximate surface area is 216 Å². The second-order valence-corrected chi connectivity index (χ2v) is 10.6. The van der Waals surface area contributed by atoms with Gasteiger partial charge >= 0.3 is 6.03 Å². The van der Waals surface area contributed by atoms with Crippen LogP contribution in [0, 0.1) is 5.41 Å². The number of ether oxygens (including phenoxy) is 1. The normalized spacial score (nSPS) is 17.5. The van der Waals surface area contributed by atoms with E-state index in [0.29, 0.717) is 43.4 Å². The highest BCUT2D eigenvalue weighted by atomic mass is 32.2. The Bertz CT molecular complexity index is 1070. The lowest BCUT2D eigenvalue weighted by Gasteiger charge is -2.39. The van der Waals surface area contributed by atoms with Crippen molar-refractivity contribution >= 4 is 35.3 Å². The number of carbonyl (C=O) groups is 3. The molecule has 36 heavy (non-hydrogen) atoms. The molecule has 0 aromatic heterocycles. The summed E-state index contributed by atoms with van der Waals surface area (Å²) in [4.78, 5) is 42.8. The fraction of sp³-hybridized carbons (Fsp3) is 0.444. The third kappa shape index (κ3) is 6.32. The van der Waals surface area contributed by atoms with E-state index in [4.69, 9.17) is 4.74 Å². The zero-order valence-corrected chi connectivity index (χ0v) is 21.7. The number of methoxy groups -OCH3 is 1. The summed E-state index contributed by atoms with van der Waals surface area (Å²) in [5, 5.41) is 5.80. The Balaban J connectivity index is 1.31. The maximum Gasteiger partial charge on any atom is 0.321 e. The van der Waals surface area contributed by atoms with Gasteiger partial charge in [0.15, 0.2) is 0 Å². The van der Waals surface area contributed by atoms with Gasteiger partial charge in [0, 0.05) is 43.8 Å². The van der Waals surface area contributed by atoms with Gasteiger partial charge in [0.1, 0.15) is 11.8 Å². The fourth-order valence-electron chi connectivity index (χ4n) is 4.99. The summed E-state index contributed by atoms with van der Waals surface area (Å²) in [6.07, 6.45) is 2.61. The molecular weight excluding hydrogens is 476 g/mol. The van der Waals surface area contributed by atoms with Crippen molar-refractivity contribution in [2.45, 2.75) is 37.1 Å². The summed E-state index contributed by atoms with van der Waals surface area (Å²) in [7, 11) is 1.58. The van der Waals surface area contributed by atoms with Crippen molar-refractivity contribution in [1.29, 1.82) is 0 Å². The number of benzene rings is 2. The molecule has 2 saturated heterocycles. The Kier molecular flexibility index (Phi) is 8.40. The first-order chi connectivity index (χ1) is 17.4. The quantitative estimate of drug-likeness (QED) is 0.553. The highest BCUT2D eigenvalue weighted by Gasteiger charge is 2.44. The Morgan fingerprint density at radius 1 is 0.972 bits per heavy atom. The molecule has 0 saturated carbocycles. The standard InChI is InChI=1S/C27H34N4O4S/c1-20(32)28-23(18-36-21-8-4-3-5-9-21)25(33)31-17-14-27(19-31)12-15-30(16-13-27)26(34)29-22-10-6-7-11-24(22)35-2/h3-11,23H,12-19H2,1-2H3,(H,28,32)(H,29,34). The Morgan fingerprint density at radius 2 is 1.61 bits per heavy atom. The van der Waals surface area contributed by atoms with Crippen molar-refractivity contribution in [3.63, 3.8) is 0 Å². The number of para-hydroxylation sites is 2. The highest BCUT2D eigenvalue weighted by molar-refractivity contribution is 7.99. The molecule has 192 valence electrons. The summed E-state index contributed by atoms with van der Waals surface area (Å²) < 4.78 is 5.33. The van der Waals surface area contributed by atoms with Crippen LogP contribution in [-0.2, 0) is 9.59 Å². The molecule has 2 fully saturated rings. The number of hydrogen-bond donors (Lipinski definition) is 2. The second-order valence-electron chi connectivity index (χ2n) is 9.50. The van der Waals surface area contributed by atoms with E-state index in [1.165, 1.54) is 6.92 Å². The number of urea groups is 1. The minimum absolute atomic E-state index is 0.0181. The number of thioether (sulfide) groups is 1. The molecule has 2 aromatic rings. The maximum absolute atomic E-state index is 13.4. The van der Waals surface area contributed by atoms with Crippen LogP contribution in [0.3, 0.4) is 0 Å². The number of nitrogens with zero attached hydrogens (tertiary/aromatic N) is 2. The van der Waals surface area contributed by atoms with Gasteiger partial charge in [-0.05, 0) is 48.9 Å². The minimum Gasteiger partial charge on any atom is -0.495 e. The summed E-state index contributed by atoms with van der Waals surface area (Å²) in [6.45, 7) is 4.08. The molecule has 2 N–H and O–H groups in total. The molecule has 2 heterocycles. The van der Waals surface area contributed by atoms with E-state index in [1.807, 2.05) is 64.4 Å². The Hall–Kier alpha value is -3.20. The van der Waals surface area contributed by atoms with E-state index in [1.54, 1.807) is 18.9 Å². The molecule has 0 bridgehead atoms. The van der Waals surface area contributed by atoms with E-state index >= 15 is 0 Å². The number of hydrogen-bond acceptors (Lipinski definition) is 5. The third-order valence-corrected chi connectivity index (χ3v) is 8.15. The zero-order chi connectivity index (χ0) is 25.5. The SMILES string of the molecule is COc1ccccc1NC(=O)N1CCC2(CC1)CCN(C(=O)C(CSc1ccccc1)NC(C)=O)C2. The van der Waals surface area contributed by atoms with Gasteiger partial charge in [-0.2, -0.15) is 0 Å². The number of nitrogens with one attached hydrogen (secondary N) is 2. The molecule has 0 radical (unpaired) electrons. The summed E-state index contributed by atoms with van der Waals surface area (Å²) in [6, 6.07) is 16.6. The molecule has 2 aliphatic heterocycles. The second kappa shape index (κ2) is 11.7. The van der Waals surface area contributed by atoms with Gasteiger partial charge in [0.25, 0.3) is 0 Å². The first-order valence-corrected chi connectivity index (χ1v) is 13.3. The van der Waals surface area contributed by atoms with Gasteiger partial charge in [-0.25, -0.2) is 4.79 Å². The van der Waals surface area contributed by atoms with E-state index in [-0.39, 0.29) is 23.3 Å². The van der Waals surface area contributed by atoms with E-state index < -0.39 is 6.04 Å². The highest BCUT2D eigenvalue weighted by Crippen LogP contribution is 2.41. The van der Waals surface area contributed by atoms with E-state index in [0.717, 1.165) is 24.2 Å². The molecule has 1 atom stereocenters. The van der Waals surface area contributed by atoms with Crippen molar-refractivity contribution in [3.8, 4) is 5.75 Å². The van der Waals surface area contributed by atoms with Crippen LogP contribution < -0.4 is 15.4 Å². The van der Waals surface area contributed by atoms with Gasteiger partial charge in [0.2, 0.25) is 11.8 Å². The fourth-order valence-corrected chi connectivity index (χ4v) is 5.93. The molecule has 2 aromatic carbocycles. The topological polar surface area (TPSA) is 91.0 Å². The molecular formula is C27H34N4O4S. The molecule has 9 heteroatoms. The van der Waals surface area contributed by atoms with Crippen molar-refractivity contribution in [2.24, 2.45) is 5.41 Å². The predicted octanol–water partition coefficient (Wildman–Crippen LogP) is 3.84. The molecule has 2 aliphatic rings. The van der Waals surface area contributed by atoms with Crippen LogP contribution in [0.5, 0.6) is 5.75 Å². The number of amides is 4. The lowest BCUT2D eigenvalue weighted by Crippen LogP contribution is -2.50. The maximum atomic E-state index is 13.4. The van der Waals surface area contributed by atoms with Crippen LogP contribution >= 0.6 is 11.8 Å².